The van der Waals surface area contributed by atoms with Crippen LogP contribution in [0.5, 0.6) is 0 Å². The Kier molecular flexibility index (Phi) is 15.0. The summed E-state index contributed by atoms with van der Waals surface area (Å²) in [5, 5.41) is 0. The molecule has 0 aromatic carbocycles. The number of Topliss-reactive ketones (excluding diaryl/α,β-unsaturated/α-hetero) is 1. The Morgan fingerprint density at radius 1 is 0.704 bits per heavy atom. The van der Waals surface area contributed by atoms with Crippen molar-refractivity contribution in [1.29, 1.82) is 0 Å². The predicted octanol–water partition coefficient (Wildman–Crippen LogP) is 4.97. The number of ketones is 1. The van der Waals surface area contributed by atoms with E-state index in [9.17, 15) is 4.79 Å². The predicted molar refractivity (Wildman–Crippen MR) is 110 cm³/mol. The molecule has 0 amide bonds. The summed E-state index contributed by atoms with van der Waals surface area (Å²) >= 11 is 0. The molecule has 0 aliphatic rings. The quantitative estimate of drug-likeness (QED) is 0.295. The number of rotatable bonds is 15. The molecular formula is C22H38O5. The summed E-state index contributed by atoms with van der Waals surface area (Å²) in [6.07, 6.45) is 10.2. The van der Waals surface area contributed by atoms with Crippen LogP contribution in [0.25, 0.3) is 0 Å². The van der Waals surface area contributed by atoms with Crippen molar-refractivity contribution in [1.82, 2.24) is 0 Å². The molecule has 0 aliphatic heterocycles. The molecule has 0 aliphatic carbocycles. The van der Waals surface area contributed by atoms with Gasteiger partial charge in [-0.2, -0.15) is 0 Å². The maximum Gasteiger partial charge on any atom is 0.217 e. The average Bonchev–Trinajstić information content (AvgIpc) is 2.63. The molecule has 5 heteroatoms. The van der Waals surface area contributed by atoms with Gasteiger partial charge >= 0.3 is 0 Å². The van der Waals surface area contributed by atoms with Crippen LogP contribution in [0.15, 0.2) is 34.9 Å². The van der Waals surface area contributed by atoms with Crippen LogP contribution in [0.3, 0.4) is 0 Å². The largest absolute Gasteiger partial charge is 0.352 e. The van der Waals surface area contributed by atoms with E-state index in [1.54, 1.807) is 14.2 Å². The van der Waals surface area contributed by atoms with Gasteiger partial charge in [-0.3, -0.25) is 4.79 Å². The maximum atomic E-state index is 12.0. The lowest BCUT2D eigenvalue weighted by Crippen LogP contribution is -2.24. The molecule has 0 N–H and O–H groups in total. The SMILES string of the molecule is COC(OC)C(=O)CC/C=C(/CC/C=C(\C)CCC=C(C)C)C(OC)OC. The van der Waals surface area contributed by atoms with Gasteiger partial charge in [0.05, 0.1) is 0 Å². The fraction of sp³-hybridized carbons (Fsp3) is 0.682. The number of hydrogen-bond acceptors (Lipinski definition) is 5. The average molecular weight is 383 g/mol. The summed E-state index contributed by atoms with van der Waals surface area (Å²) < 4.78 is 20.8. The first-order valence-corrected chi connectivity index (χ1v) is 9.51. The minimum Gasteiger partial charge on any atom is -0.352 e. The van der Waals surface area contributed by atoms with E-state index in [-0.39, 0.29) is 12.1 Å². The molecule has 0 fully saturated rings. The topological polar surface area (TPSA) is 54.0 Å². The van der Waals surface area contributed by atoms with Gasteiger partial charge in [0, 0.05) is 34.9 Å². The highest BCUT2D eigenvalue weighted by molar-refractivity contribution is 5.81. The van der Waals surface area contributed by atoms with Crippen LogP contribution < -0.4 is 0 Å². The van der Waals surface area contributed by atoms with E-state index in [0.717, 1.165) is 31.3 Å². The standard InChI is InChI=1S/C22H38O5/c1-17(2)11-8-12-18(3)13-9-14-19(21(24-4)25-5)15-10-16-20(23)22(26-6)27-7/h11,13,15,21-22H,8-10,12,14,16H2,1-7H3/b18-13+,19-15-. The van der Waals surface area contributed by atoms with Crippen molar-refractivity contribution in [3.05, 3.63) is 34.9 Å². The van der Waals surface area contributed by atoms with Gasteiger partial charge in [-0.15, -0.1) is 0 Å². The molecule has 0 bridgehead atoms. The molecular weight excluding hydrogens is 344 g/mol. The Morgan fingerprint density at radius 2 is 1.22 bits per heavy atom. The third-order valence-corrected chi connectivity index (χ3v) is 4.24. The number of ether oxygens (including phenoxy) is 4. The van der Waals surface area contributed by atoms with Crippen LogP contribution in [0, 0.1) is 0 Å². The van der Waals surface area contributed by atoms with Gasteiger partial charge in [0.25, 0.3) is 0 Å². The lowest BCUT2D eigenvalue weighted by Gasteiger charge is -2.17. The Bertz CT molecular complexity index is 493. The zero-order chi connectivity index (χ0) is 20.7. The van der Waals surface area contributed by atoms with E-state index in [2.05, 4.69) is 32.9 Å². The monoisotopic (exact) mass is 382 g/mol. The molecule has 0 aromatic rings. The Morgan fingerprint density at radius 3 is 1.74 bits per heavy atom. The molecule has 0 unspecified atom stereocenters. The molecule has 0 atom stereocenters. The Labute approximate surface area is 165 Å². The van der Waals surface area contributed by atoms with Crippen LogP contribution in [0.1, 0.15) is 59.3 Å². The summed E-state index contributed by atoms with van der Waals surface area (Å²) in [5.74, 6) is -0.0722. The molecule has 156 valence electrons. The van der Waals surface area contributed by atoms with Crippen molar-refractivity contribution in [2.24, 2.45) is 0 Å². The van der Waals surface area contributed by atoms with Gasteiger partial charge in [-0.25, -0.2) is 0 Å². The van der Waals surface area contributed by atoms with Gasteiger partial charge in [-0.1, -0.05) is 29.4 Å². The first-order valence-electron chi connectivity index (χ1n) is 9.51. The lowest BCUT2D eigenvalue weighted by molar-refractivity contribution is -0.156. The summed E-state index contributed by atoms with van der Waals surface area (Å²) in [6, 6.07) is 0. The zero-order valence-corrected chi connectivity index (χ0v) is 18.2. The molecule has 5 nitrogen and oxygen atoms in total. The van der Waals surface area contributed by atoms with Gasteiger partial charge in [0.1, 0.15) is 0 Å². The Balaban J connectivity index is 4.72. The van der Waals surface area contributed by atoms with Crippen molar-refractivity contribution in [2.75, 3.05) is 28.4 Å². The van der Waals surface area contributed by atoms with Gasteiger partial charge in [-0.05, 0) is 58.4 Å². The number of allylic oxidation sites excluding steroid dienone is 5. The lowest BCUT2D eigenvalue weighted by atomic mass is 10.0. The van der Waals surface area contributed by atoms with Gasteiger partial charge < -0.3 is 18.9 Å². The van der Waals surface area contributed by atoms with Gasteiger partial charge in [0.15, 0.2) is 12.1 Å². The van der Waals surface area contributed by atoms with Crippen molar-refractivity contribution < 1.29 is 23.7 Å². The molecule has 0 aromatic heterocycles. The molecule has 0 rings (SSSR count). The van der Waals surface area contributed by atoms with E-state index < -0.39 is 6.29 Å². The van der Waals surface area contributed by atoms with Crippen LogP contribution in [0.2, 0.25) is 0 Å². The molecule has 0 heterocycles. The summed E-state index contributed by atoms with van der Waals surface area (Å²) in [4.78, 5) is 12.0. The fourth-order valence-electron chi connectivity index (χ4n) is 2.77. The van der Waals surface area contributed by atoms with E-state index in [0.29, 0.717) is 12.8 Å². The van der Waals surface area contributed by atoms with Crippen molar-refractivity contribution in [2.45, 2.75) is 71.9 Å². The van der Waals surface area contributed by atoms with E-state index >= 15 is 0 Å². The molecule has 27 heavy (non-hydrogen) atoms. The number of methoxy groups -OCH3 is 4. The minimum atomic E-state index is -0.797. The molecule has 0 spiro atoms. The second kappa shape index (κ2) is 15.8. The second-order valence-electron chi connectivity index (χ2n) is 6.80. The number of hydrogen-bond donors (Lipinski definition) is 0. The highest BCUT2D eigenvalue weighted by atomic mass is 16.7. The van der Waals surface area contributed by atoms with Crippen LogP contribution in [0.4, 0.5) is 0 Å². The normalized spacial score (nSPS) is 12.8. The second-order valence-corrected chi connectivity index (χ2v) is 6.80. The highest BCUT2D eigenvalue weighted by Crippen LogP contribution is 2.18. The zero-order valence-electron chi connectivity index (χ0n) is 18.2. The smallest absolute Gasteiger partial charge is 0.217 e. The van der Waals surface area contributed by atoms with Crippen molar-refractivity contribution >= 4 is 5.78 Å². The van der Waals surface area contributed by atoms with E-state index in [1.165, 1.54) is 25.4 Å². The number of carbonyl (C=O) groups is 1. The minimum absolute atomic E-state index is 0.0722. The molecule has 0 saturated carbocycles. The van der Waals surface area contributed by atoms with Crippen LogP contribution in [-0.4, -0.2) is 46.8 Å². The fourth-order valence-corrected chi connectivity index (χ4v) is 2.77. The van der Waals surface area contributed by atoms with E-state index in [4.69, 9.17) is 18.9 Å². The van der Waals surface area contributed by atoms with Crippen molar-refractivity contribution in [3.8, 4) is 0 Å². The first kappa shape index (κ1) is 25.7. The molecule has 0 radical (unpaired) electrons. The Hall–Kier alpha value is -1.27. The van der Waals surface area contributed by atoms with Crippen LogP contribution in [-0.2, 0) is 23.7 Å². The summed E-state index contributed by atoms with van der Waals surface area (Å²) in [5.41, 5.74) is 3.79. The first-order chi connectivity index (χ1) is 12.9. The van der Waals surface area contributed by atoms with Gasteiger partial charge in [0.2, 0.25) is 6.29 Å². The highest BCUT2D eigenvalue weighted by Gasteiger charge is 2.16. The number of carbonyl (C=O) groups excluding carboxylic acids is 1. The third-order valence-electron chi connectivity index (χ3n) is 4.24. The van der Waals surface area contributed by atoms with Crippen molar-refractivity contribution in [3.63, 3.8) is 0 Å². The third kappa shape index (κ3) is 11.9. The van der Waals surface area contributed by atoms with E-state index in [1.807, 2.05) is 6.08 Å². The van der Waals surface area contributed by atoms with Crippen LogP contribution >= 0.6 is 0 Å². The summed E-state index contributed by atoms with van der Waals surface area (Å²) in [7, 11) is 6.18. The maximum absolute atomic E-state index is 12.0. The molecule has 0 saturated heterocycles. The summed E-state index contributed by atoms with van der Waals surface area (Å²) in [6.45, 7) is 6.41.